The second-order valence-electron chi connectivity index (χ2n) is 9.38. The summed E-state index contributed by atoms with van der Waals surface area (Å²) in [5, 5.41) is 18.7. The second-order valence-corrected chi connectivity index (χ2v) is 9.82. The van der Waals surface area contributed by atoms with Crippen LogP contribution in [0.5, 0.6) is 0 Å². The minimum Gasteiger partial charge on any atom is -0.872 e. The summed E-state index contributed by atoms with van der Waals surface area (Å²) in [6, 6.07) is 15.7. The lowest BCUT2D eigenvalue weighted by Crippen LogP contribution is -3.14. The van der Waals surface area contributed by atoms with E-state index in [9.17, 15) is 14.7 Å². The van der Waals surface area contributed by atoms with Crippen LogP contribution in [0.2, 0.25) is 5.02 Å². The molecule has 9 heteroatoms. The third-order valence-corrected chi connectivity index (χ3v) is 7.31. The van der Waals surface area contributed by atoms with Crippen molar-refractivity contribution in [3.8, 4) is 5.69 Å². The predicted molar refractivity (Wildman–Crippen MR) is 137 cm³/mol. The van der Waals surface area contributed by atoms with Crippen molar-refractivity contribution in [3.05, 3.63) is 88.2 Å². The highest BCUT2D eigenvalue weighted by atomic mass is 35.5. The fourth-order valence-corrected chi connectivity index (χ4v) is 5.34. The first-order valence-corrected chi connectivity index (χ1v) is 12.9. The lowest BCUT2D eigenvalue weighted by Gasteiger charge is -2.29. The Morgan fingerprint density at radius 3 is 2.62 bits per heavy atom. The van der Waals surface area contributed by atoms with E-state index in [0.29, 0.717) is 34.8 Å². The first-order valence-electron chi connectivity index (χ1n) is 12.5. The molecule has 2 aromatic carbocycles. The van der Waals surface area contributed by atoms with Gasteiger partial charge in [0.25, 0.3) is 5.91 Å². The number of halogens is 1. The van der Waals surface area contributed by atoms with E-state index >= 15 is 0 Å². The van der Waals surface area contributed by atoms with Crippen LogP contribution in [0.1, 0.15) is 29.3 Å². The number of morpholine rings is 1. The number of carbonyl (C=O) groups is 2. The molecule has 1 N–H and O–H groups in total. The van der Waals surface area contributed by atoms with Crippen molar-refractivity contribution in [2.75, 3.05) is 39.4 Å². The van der Waals surface area contributed by atoms with Crippen LogP contribution in [0, 0.1) is 6.92 Å². The number of amides is 1. The zero-order chi connectivity index (χ0) is 25.9. The molecule has 0 spiro atoms. The molecule has 2 fully saturated rings. The van der Waals surface area contributed by atoms with Gasteiger partial charge in [0.1, 0.15) is 13.1 Å². The molecule has 1 unspecified atom stereocenters. The Kier molecular flexibility index (Phi) is 7.41. The van der Waals surface area contributed by atoms with Crippen molar-refractivity contribution in [3.63, 3.8) is 0 Å². The van der Waals surface area contributed by atoms with Gasteiger partial charge in [0, 0.05) is 34.8 Å². The van der Waals surface area contributed by atoms with Crippen LogP contribution in [0.15, 0.2) is 66.4 Å². The predicted octanol–water partition coefficient (Wildman–Crippen LogP) is 1.36. The van der Waals surface area contributed by atoms with Gasteiger partial charge in [-0.2, -0.15) is 5.10 Å². The number of nitrogens with one attached hydrogen (secondary N) is 1. The number of aromatic nitrogens is 2. The summed E-state index contributed by atoms with van der Waals surface area (Å²) >= 11 is 6.28. The lowest BCUT2D eigenvalue weighted by molar-refractivity contribution is -0.908. The maximum Gasteiger partial charge on any atom is 0.295 e. The monoisotopic (exact) mass is 520 g/mol. The van der Waals surface area contributed by atoms with E-state index in [1.54, 1.807) is 35.9 Å². The number of Topliss-reactive ketones (excluding diaryl/α,β-unsaturated/α-hetero) is 1. The smallest absolute Gasteiger partial charge is 0.295 e. The first-order chi connectivity index (χ1) is 18.0. The molecule has 1 aromatic heterocycles. The highest BCUT2D eigenvalue weighted by Gasteiger charge is 2.44. The molecular weight excluding hydrogens is 492 g/mol. The molecule has 0 saturated carbocycles. The number of rotatable bonds is 7. The van der Waals surface area contributed by atoms with E-state index in [1.807, 2.05) is 30.3 Å². The van der Waals surface area contributed by atoms with Crippen LogP contribution in [-0.2, 0) is 14.3 Å². The molecule has 8 nitrogen and oxygen atoms in total. The topological polar surface area (TPSA) is 91.9 Å². The Morgan fingerprint density at radius 1 is 1.14 bits per heavy atom. The fraction of sp³-hybridized carbons (Fsp3) is 0.321. The Bertz CT molecular complexity index is 1330. The normalized spacial score (nSPS) is 20.1. The number of nitrogens with zero attached hydrogens (tertiary/aromatic N) is 3. The average molecular weight is 521 g/mol. The summed E-state index contributed by atoms with van der Waals surface area (Å²) in [7, 11) is 0. The van der Waals surface area contributed by atoms with Crippen LogP contribution in [-0.4, -0.2) is 65.8 Å². The standard InChI is InChI=1S/C28H29ClN4O4/c1-19-23(18-30-33(19)22-9-3-2-4-10-22)26(34)24-25(20-7-5-8-21(29)17-20)32(28(36)27(24)35)12-6-11-31-13-15-37-16-14-31/h2-5,7-10,17-18,25,34H,6,11-16H2,1H3/b26-24+. The molecule has 0 aliphatic carbocycles. The zero-order valence-corrected chi connectivity index (χ0v) is 21.4. The molecule has 192 valence electrons. The molecular formula is C28H29ClN4O4. The van der Waals surface area contributed by atoms with Crippen LogP contribution < -0.4 is 10.0 Å². The molecule has 2 aliphatic rings. The number of hydrogen-bond acceptors (Lipinski definition) is 5. The number of hydrogen-bond donors (Lipinski definition) is 1. The number of carbonyl (C=O) groups excluding carboxylic acids is 2. The first kappa shape index (κ1) is 25.2. The van der Waals surface area contributed by atoms with Gasteiger partial charge in [-0.1, -0.05) is 47.7 Å². The maximum absolute atomic E-state index is 13.9. The highest BCUT2D eigenvalue weighted by molar-refractivity contribution is 6.46. The number of quaternary nitrogens is 1. The number of ketones is 1. The van der Waals surface area contributed by atoms with Crippen LogP contribution in [0.25, 0.3) is 11.4 Å². The quantitative estimate of drug-likeness (QED) is 0.288. The fourth-order valence-electron chi connectivity index (χ4n) is 5.14. The number of ether oxygens (including phenoxy) is 1. The summed E-state index contributed by atoms with van der Waals surface area (Å²) in [5.41, 5.74) is 2.29. The number of likely N-dealkylation sites (tertiary alicyclic amines) is 1. The molecule has 5 rings (SSSR count). The van der Waals surface area contributed by atoms with Gasteiger partial charge in [-0.3, -0.25) is 9.59 Å². The van der Waals surface area contributed by atoms with Crippen molar-refractivity contribution in [1.29, 1.82) is 0 Å². The highest BCUT2D eigenvalue weighted by Crippen LogP contribution is 2.39. The second kappa shape index (κ2) is 10.9. The van der Waals surface area contributed by atoms with Crippen molar-refractivity contribution in [2.45, 2.75) is 19.4 Å². The third-order valence-electron chi connectivity index (χ3n) is 7.08. The maximum atomic E-state index is 13.9. The van der Waals surface area contributed by atoms with Gasteiger partial charge in [-0.05, 0) is 36.8 Å². The lowest BCUT2D eigenvalue weighted by atomic mass is 9.95. The summed E-state index contributed by atoms with van der Waals surface area (Å²) in [6.07, 6.45) is 2.17. The van der Waals surface area contributed by atoms with Crippen LogP contribution in [0.3, 0.4) is 0 Å². The number of para-hydroxylation sites is 1. The minimum absolute atomic E-state index is 0.0540. The summed E-state index contributed by atoms with van der Waals surface area (Å²) in [6.45, 7) is 6.30. The molecule has 3 heterocycles. The van der Waals surface area contributed by atoms with E-state index < -0.39 is 23.5 Å². The molecule has 3 aromatic rings. The molecule has 0 radical (unpaired) electrons. The van der Waals surface area contributed by atoms with Crippen LogP contribution >= 0.6 is 11.6 Å². The van der Waals surface area contributed by atoms with Crippen molar-refractivity contribution in [2.24, 2.45) is 0 Å². The van der Waals surface area contributed by atoms with Crippen molar-refractivity contribution >= 4 is 29.1 Å². The Morgan fingerprint density at radius 2 is 1.89 bits per heavy atom. The Labute approximate surface area is 220 Å². The molecule has 1 amide bonds. The molecule has 0 bridgehead atoms. The molecule has 2 saturated heterocycles. The van der Waals surface area contributed by atoms with E-state index in [2.05, 4.69) is 5.10 Å². The average Bonchev–Trinajstić information content (AvgIpc) is 3.42. The summed E-state index contributed by atoms with van der Waals surface area (Å²) < 4.78 is 7.09. The number of benzene rings is 2. The van der Waals surface area contributed by atoms with Gasteiger partial charge >= 0.3 is 0 Å². The van der Waals surface area contributed by atoms with Crippen LogP contribution in [0.4, 0.5) is 0 Å². The van der Waals surface area contributed by atoms with Gasteiger partial charge < -0.3 is 19.6 Å². The Balaban J connectivity index is 1.51. The third kappa shape index (κ3) is 5.05. The van der Waals surface area contributed by atoms with Gasteiger partial charge in [0.2, 0.25) is 5.78 Å². The van der Waals surface area contributed by atoms with E-state index in [4.69, 9.17) is 16.3 Å². The zero-order valence-electron chi connectivity index (χ0n) is 20.7. The molecule has 1 atom stereocenters. The van der Waals surface area contributed by atoms with Gasteiger partial charge in [-0.15, -0.1) is 0 Å². The van der Waals surface area contributed by atoms with Gasteiger partial charge in [0.05, 0.1) is 37.7 Å². The van der Waals surface area contributed by atoms with Gasteiger partial charge in [0.15, 0.2) is 0 Å². The van der Waals surface area contributed by atoms with Crippen molar-refractivity contribution < 1.29 is 24.3 Å². The summed E-state index contributed by atoms with van der Waals surface area (Å²) in [5.74, 6) is -1.90. The molecule has 2 aliphatic heterocycles. The molecule has 37 heavy (non-hydrogen) atoms. The Hall–Kier alpha value is -3.46. The largest absolute Gasteiger partial charge is 0.872 e. The van der Waals surface area contributed by atoms with Crippen molar-refractivity contribution in [1.82, 2.24) is 14.7 Å². The van der Waals surface area contributed by atoms with E-state index in [-0.39, 0.29) is 5.57 Å². The SMILES string of the molecule is Cc1c(/C([O-])=C2\C(=O)C(=O)N(CCC[NH+]3CCOCC3)C2c2cccc(Cl)c2)cnn1-c1ccccc1. The van der Waals surface area contributed by atoms with Gasteiger partial charge in [-0.25, -0.2) is 4.68 Å². The minimum atomic E-state index is -0.801. The van der Waals surface area contributed by atoms with E-state index in [1.165, 1.54) is 16.0 Å². The van der Waals surface area contributed by atoms with E-state index in [0.717, 1.165) is 38.5 Å². The summed E-state index contributed by atoms with van der Waals surface area (Å²) in [4.78, 5) is 29.5.